The topological polar surface area (TPSA) is 15.3 Å². The normalized spacial score (nSPS) is 12.1. The molecule has 96 valence electrons. The molecule has 0 fully saturated rings. The quantitative estimate of drug-likeness (QED) is 0.818. The van der Waals surface area contributed by atoms with Crippen molar-refractivity contribution in [3.63, 3.8) is 0 Å². The zero-order valence-electron chi connectivity index (χ0n) is 11.3. The minimum atomic E-state index is -0.152. The van der Waals surface area contributed by atoms with Gasteiger partial charge < -0.3 is 10.2 Å². The van der Waals surface area contributed by atoms with Crippen molar-refractivity contribution in [1.29, 1.82) is 0 Å². The lowest BCUT2D eigenvalue weighted by molar-refractivity contribution is 0.246. The van der Waals surface area contributed by atoms with E-state index in [-0.39, 0.29) is 11.4 Å². The fraction of sp³-hybridized carbons (Fsp3) is 0.571. The van der Waals surface area contributed by atoms with Gasteiger partial charge in [0.15, 0.2) is 0 Å². The highest BCUT2D eigenvalue weighted by atomic mass is 19.1. The Hall–Kier alpha value is -0.930. The van der Waals surface area contributed by atoms with Crippen molar-refractivity contribution in [2.75, 3.05) is 27.2 Å². The fourth-order valence-electron chi connectivity index (χ4n) is 1.85. The van der Waals surface area contributed by atoms with Crippen molar-refractivity contribution in [1.82, 2.24) is 10.2 Å². The summed E-state index contributed by atoms with van der Waals surface area (Å²) >= 11 is 0. The molecular formula is C14H23FN2. The first kappa shape index (κ1) is 14.1. The van der Waals surface area contributed by atoms with Gasteiger partial charge in [0.05, 0.1) is 0 Å². The maximum absolute atomic E-state index is 13.0. The largest absolute Gasteiger partial charge is 0.314 e. The maximum Gasteiger partial charge on any atom is 0.123 e. The fourth-order valence-corrected chi connectivity index (χ4v) is 1.85. The molecule has 0 saturated carbocycles. The van der Waals surface area contributed by atoms with Crippen molar-refractivity contribution in [3.8, 4) is 0 Å². The lowest BCUT2D eigenvalue weighted by Crippen LogP contribution is -2.46. The van der Waals surface area contributed by atoms with Gasteiger partial charge in [-0.2, -0.15) is 0 Å². The van der Waals surface area contributed by atoms with Crippen LogP contribution in [0.4, 0.5) is 4.39 Å². The molecule has 1 rings (SSSR count). The minimum Gasteiger partial charge on any atom is -0.314 e. The number of hydrogen-bond acceptors (Lipinski definition) is 2. The van der Waals surface area contributed by atoms with Gasteiger partial charge in [-0.05, 0) is 52.1 Å². The molecule has 17 heavy (non-hydrogen) atoms. The van der Waals surface area contributed by atoms with Crippen molar-refractivity contribution >= 4 is 0 Å². The lowest BCUT2D eigenvalue weighted by Gasteiger charge is -2.30. The van der Waals surface area contributed by atoms with Crippen molar-refractivity contribution in [2.45, 2.75) is 25.8 Å². The molecule has 1 aromatic rings. The number of rotatable bonds is 6. The van der Waals surface area contributed by atoms with Gasteiger partial charge in [0.1, 0.15) is 5.82 Å². The highest BCUT2D eigenvalue weighted by molar-refractivity contribution is 5.16. The SMILES string of the molecule is CNC(C)(C)CN(C)CCc1cccc(F)c1. The Bertz CT molecular complexity index is 350. The summed E-state index contributed by atoms with van der Waals surface area (Å²) in [7, 11) is 4.07. The molecule has 0 aliphatic rings. The van der Waals surface area contributed by atoms with E-state index in [4.69, 9.17) is 0 Å². The van der Waals surface area contributed by atoms with Crippen LogP contribution in [0.25, 0.3) is 0 Å². The molecule has 0 aliphatic heterocycles. The van der Waals surface area contributed by atoms with E-state index in [0.29, 0.717) is 0 Å². The van der Waals surface area contributed by atoms with Crippen LogP contribution in [0, 0.1) is 5.82 Å². The Balaban J connectivity index is 2.40. The van der Waals surface area contributed by atoms with E-state index < -0.39 is 0 Å². The van der Waals surface area contributed by atoms with Crippen molar-refractivity contribution < 1.29 is 4.39 Å². The maximum atomic E-state index is 13.0. The minimum absolute atomic E-state index is 0.108. The van der Waals surface area contributed by atoms with E-state index in [9.17, 15) is 4.39 Å². The molecule has 3 heteroatoms. The average molecular weight is 238 g/mol. The van der Waals surface area contributed by atoms with Crippen LogP contribution >= 0.6 is 0 Å². The predicted molar refractivity (Wildman–Crippen MR) is 70.7 cm³/mol. The molecule has 2 nitrogen and oxygen atoms in total. The lowest BCUT2D eigenvalue weighted by atomic mass is 10.1. The van der Waals surface area contributed by atoms with E-state index in [0.717, 1.165) is 25.1 Å². The smallest absolute Gasteiger partial charge is 0.123 e. The van der Waals surface area contributed by atoms with Gasteiger partial charge in [-0.1, -0.05) is 12.1 Å². The Morgan fingerprint density at radius 3 is 2.65 bits per heavy atom. The second-order valence-corrected chi connectivity index (χ2v) is 5.25. The van der Waals surface area contributed by atoms with Gasteiger partial charge in [0, 0.05) is 18.6 Å². The van der Waals surface area contributed by atoms with Crippen LogP contribution in [0.5, 0.6) is 0 Å². The van der Waals surface area contributed by atoms with Crippen molar-refractivity contribution in [3.05, 3.63) is 35.6 Å². The van der Waals surface area contributed by atoms with Gasteiger partial charge >= 0.3 is 0 Å². The molecule has 0 bridgehead atoms. The van der Waals surface area contributed by atoms with Crippen LogP contribution in [0.2, 0.25) is 0 Å². The third kappa shape index (κ3) is 5.29. The zero-order valence-corrected chi connectivity index (χ0v) is 11.3. The van der Waals surface area contributed by atoms with Gasteiger partial charge in [0.25, 0.3) is 0 Å². The van der Waals surface area contributed by atoms with Gasteiger partial charge in [0.2, 0.25) is 0 Å². The number of benzene rings is 1. The van der Waals surface area contributed by atoms with E-state index in [2.05, 4.69) is 31.1 Å². The van der Waals surface area contributed by atoms with Crippen LogP contribution < -0.4 is 5.32 Å². The second-order valence-electron chi connectivity index (χ2n) is 5.25. The molecular weight excluding hydrogens is 215 g/mol. The Kier molecular flexibility index (Phi) is 5.09. The number of hydrogen-bond donors (Lipinski definition) is 1. The molecule has 0 aromatic heterocycles. The summed E-state index contributed by atoms with van der Waals surface area (Å²) in [4.78, 5) is 2.27. The van der Waals surface area contributed by atoms with Gasteiger partial charge in [-0.15, -0.1) is 0 Å². The summed E-state index contributed by atoms with van der Waals surface area (Å²) < 4.78 is 13.0. The summed E-state index contributed by atoms with van der Waals surface area (Å²) in [5.41, 5.74) is 1.16. The van der Waals surface area contributed by atoms with Crippen LogP contribution in [0.3, 0.4) is 0 Å². The van der Waals surface area contributed by atoms with Crippen LogP contribution in [0.1, 0.15) is 19.4 Å². The van der Waals surface area contributed by atoms with Crippen molar-refractivity contribution in [2.24, 2.45) is 0 Å². The summed E-state index contributed by atoms with van der Waals surface area (Å²) in [5.74, 6) is -0.152. The summed E-state index contributed by atoms with van der Waals surface area (Å²) in [6.07, 6.45) is 0.883. The van der Waals surface area contributed by atoms with E-state index in [1.54, 1.807) is 12.1 Å². The van der Waals surface area contributed by atoms with Crippen LogP contribution in [-0.4, -0.2) is 37.6 Å². The first-order chi connectivity index (χ1) is 7.93. The van der Waals surface area contributed by atoms with Crippen LogP contribution in [0.15, 0.2) is 24.3 Å². The highest BCUT2D eigenvalue weighted by Gasteiger charge is 2.16. The summed E-state index contributed by atoms with van der Waals surface area (Å²) in [6.45, 7) is 6.25. The molecule has 0 heterocycles. The molecule has 0 atom stereocenters. The van der Waals surface area contributed by atoms with E-state index >= 15 is 0 Å². The zero-order chi connectivity index (χ0) is 12.9. The first-order valence-corrected chi connectivity index (χ1v) is 6.05. The van der Waals surface area contributed by atoms with E-state index in [1.807, 2.05) is 13.1 Å². The van der Waals surface area contributed by atoms with E-state index in [1.165, 1.54) is 6.07 Å². The second kappa shape index (κ2) is 6.12. The third-order valence-electron chi connectivity index (χ3n) is 3.01. The molecule has 1 aromatic carbocycles. The number of nitrogens with one attached hydrogen (secondary N) is 1. The van der Waals surface area contributed by atoms with Gasteiger partial charge in [-0.25, -0.2) is 4.39 Å². The molecule has 0 aliphatic carbocycles. The Morgan fingerprint density at radius 1 is 1.35 bits per heavy atom. The first-order valence-electron chi connectivity index (χ1n) is 6.05. The number of halogens is 1. The third-order valence-corrected chi connectivity index (χ3v) is 3.01. The van der Waals surface area contributed by atoms with Gasteiger partial charge in [-0.3, -0.25) is 0 Å². The number of nitrogens with zero attached hydrogens (tertiary/aromatic N) is 1. The molecule has 0 unspecified atom stereocenters. The molecule has 1 N–H and O–H groups in total. The Morgan fingerprint density at radius 2 is 2.06 bits per heavy atom. The standard InChI is InChI=1S/C14H23FN2/c1-14(2,16-3)11-17(4)9-8-12-6-5-7-13(15)10-12/h5-7,10,16H,8-9,11H2,1-4H3. The Labute approximate surface area is 104 Å². The predicted octanol–water partition coefficient (Wildman–Crippen LogP) is 2.30. The molecule has 0 saturated heterocycles. The number of likely N-dealkylation sites (N-methyl/N-ethyl adjacent to an activating group) is 2. The monoisotopic (exact) mass is 238 g/mol. The summed E-state index contributed by atoms with van der Waals surface area (Å²) in [5, 5.41) is 3.28. The molecule has 0 spiro atoms. The molecule has 0 amide bonds. The van der Waals surface area contributed by atoms with Crippen LogP contribution in [-0.2, 0) is 6.42 Å². The average Bonchev–Trinajstić information content (AvgIpc) is 2.26. The molecule has 0 radical (unpaired) electrons. The highest BCUT2D eigenvalue weighted by Crippen LogP contribution is 2.07. The summed E-state index contributed by atoms with van der Waals surface area (Å²) in [6, 6.07) is 6.83.